The average Bonchev–Trinajstić information content (AvgIpc) is 2.94. The maximum Gasteiger partial charge on any atom is 0.432 e. The third-order valence-electron chi connectivity index (χ3n) is 6.57. The molecule has 0 saturated heterocycles. The fourth-order valence-corrected chi connectivity index (χ4v) is 9.74. The first-order chi connectivity index (χ1) is 18.5. The molecule has 0 heterocycles. The van der Waals surface area contributed by atoms with Crippen LogP contribution in [-0.4, -0.2) is 43.5 Å². The van der Waals surface area contributed by atoms with Gasteiger partial charge >= 0.3 is 21.3 Å². The fraction of sp³-hybridized carbons (Fsp3) is 0.357. The molecule has 4 rings (SSSR count). The summed E-state index contributed by atoms with van der Waals surface area (Å²) in [5.74, 6) is -5.01. The predicted octanol–water partition coefficient (Wildman–Crippen LogP) is 7.17. The third-order valence-corrected chi connectivity index (χ3v) is 11.8. The lowest BCUT2D eigenvalue weighted by molar-refractivity contribution is -0.176. The van der Waals surface area contributed by atoms with Gasteiger partial charge in [-0.2, -0.15) is 26.0 Å². The number of aliphatic hydroxyl groups excluding tert-OH is 1. The van der Waals surface area contributed by atoms with E-state index >= 15 is 8.78 Å². The average molecular weight is 587 g/mol. The van der Waals surface area contributed by atoms with Gasteiger partial charge in [0, 0.05) is 21.1 Å². The molecule has 3 aromatic rings. The molecule has 39 heavy (non-hydrogen) atoms. The van der Waals surface area contributed by atoms with Crippen molar-refractivity contribution in [2.45, 2.75) is 70.2 Å². The van der Waals surface area contributed by atoms with Crippen molar-refractivity contribution in [2.75, 3.05) is 6.61 Å². The number of rotatable bonds is 11. The van der Waals surface area contributed by atoms with Gasteiger partial charge in [0.1, 0.15) is 0 Å². The van der Waals surface area contributed by atoms with E-state index in [1.54, 1.807) is 54.6 Å². The lowest BCUT2D eigenvalue weighted by Gasteiger charge is -2.40. The van der Waals surface area contributed by atoms with Gasteiger partial charge in [-0.1, -0.05) is 67.4 Å². The van der Waals surface area contributed by atoms with Gasteiger partial charge in [0.15, 0.2) is 0 Å². The quantitative estimate of drug-likeness (QED) is 0.241. The summed E-state index contributed by atoms with van der Waals surface area (Å²) in [5.41, 5.74) is 0. The Labute approximate surface area is 227 Å². The van der Waals surface area contributed by atoms with E-state index in [0.717, 1.165) is 6.42 Å². The molecule has 3 aromatic carbocycles. The Balaban J connectivity index is 1.71. The molecule has 0 spiro atoms. The van der Waals surface area contributed by atoms with Gasteiger partial charge in [-0.3, -0.25) is 0 Å². The minimum atomic E-state index is -6.24. The number of alkyl halides is 4. The highest BCUT2D eigenvalue weighted by Crippen LogP contribution is 2.70. The van der Waals surface area contributed by atoms with Crippen LogP contribution in [0.1, 0.15) is 32.1 Å². The second-order valence-corrected chi connectivity index (χ2v) is 13.7. The summed E-state index contributed by atoms with van der Waals surface area (Å²) in [7, 11) is -9.68. The SMILES string of the molecule is O=S(=O)(OS(c1ccccc1)(c1ccccc1)c1ccccc1)C(F)(F)C(F)(F)CCOC1CCCCC1O. The van der Waals surface area contributed by atoms with Crippen molar-refractivity contribution in [3.63, 3.8) is 0 Å². The van der Waals surface area contributed by atoms with E-state index < -0.39 is 56.8 Å². The van der Waals surface area contributed by atoms with Crippen molar-refractivity contribution < 1.29 is 39.5 Å². The van der Waals surface area contributed by atoms with Crippen LogP contribution in [0.2, 0.25) is 0 Å². The van der Waals surface area contributed by atoms with E-state index in [9.17, 15) is 22.3 Å². The topological polar surface area (TPSA) is 72.8 Å². The highest BCUT2D eigenvalue weighted by Gasteiger charge is 2.67. The Morgan fingerprint density at radius 3 is 1.62 bits per heavy atom. The largest absolute Gasteiger partial charge is 0.432 e. The van der Waals surface area contributed by atoms with Gasteiger partial charge in [-0.05, 0) is 59.5 Å². The molecule has 1 N–H and O–H groups in total. The van der Waals surface area contributed by atoms with Gasteiger partial charge in [0.05, 0.1) is 18.8 Å². The molecule has 1 aliphatic carbocycles. The van der Waals surface area contributed by atoms with Crippen LogP contribution in [0.5, 0.6) is 0 Å². The number of halogens is 4. The van der Waals surface area contributed by atoms with Gasteiger partial charge in [0.2, 0.25) is 0 Å². The smallest absolute Gasteiger partial charge is 0.390 e. The molecule has 2 atom stereocenters. The number of aliphatic hydroxyl groups is 1. The van der Waals surface area contributed by atoms with Gasteiger partial charge < -0.3 is 9.84 Å². The Morgan fingerprint density at radius 1 is 0.744 bits per heavy atom. The molecule has 0 bridgehead atoms. The molecule has 11 heteroatoms. The molecule has 212 valence electrons. The Bertz CT molecular complexity index is 1210. The Hall–Kier alpha value is -2.44. The first-order valence-corrected chi connectivity index (χ1v) is 15.5. The molecule has 0 amide bonds. The molecule has 0 aliphatic heterocycles. The van der Waals surface area contributed by atoms with Crippen molar-refractivity contribution >= 4 is 20.4 Å². The first kappa shape index (κ1) is 29.5. The highest BCUT2D eigenvalue weighted by atomic mass is 32.3. The second kappa shape index (κ2) is 12.0. The van der Waals surface area contributed by atoms with Crippen molar-refractivity contribution in [2.24, 2.45) is 0 Å². The van der Waals surface area contributed by atoms with Crippen LogP contribution in [0.3, 0.4) is 0 Å². The monoisotopic (exact) mass is 586 g/mol. The highest BCUT2D eigenvalue weighted by molar-refractivity contribution is 8.33. The summed E-state index contributed by atoms with van der Waals surface area (Å²) < 4.78 is 97.8. The maximum absolute atomic E-state index is 15.3. The van der Waals surface area contributed by atoms with Crippen molar-refractivity contribution in [1.82, 2.24) is 0 Å². The van der Waals surface area contributed by atoms with Crippen LogP contribution in [0, 0.1) is 0 Å². The zero-order valence-corrected chi connectivity index (χ0v) is 22.6. The lowest BCUT2D eigenvalue weighted by atomic mass is 9.95. The van der Waals surface area contributed by atoms with Gasteiger partial charge in [-0.25, -0.2) is 3.63 Å². The molecule has 5 nitrogen and oxygen atoms in total. The molecule has 1 saturated carbocycles. The summed E-state index contributed by atoms with van der Waals surface area (Å²) in [6.07, 6.45) is -0.936. The molecular weight excluding hydrogens is 556 g/mol. The number of hydrogen-bond acceptors (Lipinski definition) is 5. The molecule has 1 aliphatic rings. The minimum absolute atomic E-state index is 0.236. The second-order valence-electron chi connectivity index (χ2n) is 9.25. The normalized spacial score (nSPS) is 19.5. The Morgan fingerprint density at radius 2 is 1.18 bits per heavy atom. The molecule has 2 unspecified atom stereocenters. The van der Waals surface area contributed by atoms with Crippen molar-refractivity contribution in [3.05, 3.63) is 91.0 Å². The predicted molar refractivity (Wildman–Crippen MR) is 140 cm³/mol. The van der Waals surface area contributed by atoms with Crippen molar-refractivity contribution in [1.29, 1.82) is 0 Å². The molecule has 0 radical (unpaired) electrons. The van der Waals surface area contributed by atoms with E-state index in [0.29, 0.717) is 19.3 Å². The maximum atomic E-state index is 15.3. The number of ether oxygens (including phenoxy) is 1. The van der Waals surface area contributed by atoms with Crippen LogP contribution in [0.4, 0.5) is 17.6 Å². The van der Waals surface area contributed by atoms with E-state index in [1.165, 1.54) is 36.4 Å². The number of benzene rings is 3. The number of hydrogen-bond donors (Lipinski definition) is 1. The van der Waals surface area contributed by atoms with E-state index in [1.807, 2.05) is 0 Å². The van der Waals surface area contributed by atoms with Crippen LogP contribution in [0.15, 0.2) is 106 Å². The summed E-state index contributed by atoms with van der Waals surface area (Å²) in [5, 5.41) is 4.39. The molecule has 0 aromatic heterocycles. The van der Waals surface area contributed by atoms with E-state index in [4.69, 9.17) is 8.37 Å². The van der Waals surface area contributed by atoms with E-state index in [2.05, 4.69) is 0 Å². The van der Waals surface area contributed by atoms with Crippen LogP contribution < -0.4 is 0 Å². The summed E-state index contributed by atoms with van der Waals surface area (Å²) >= 11 is 0. The van der Waals surface area contributed by atoms with Crippen molar-refractivity contribution in [3.8, 4) is 0 Å². The summed E-state index contributed by atoms with van der Waals surface area (Å²) in [6, 6.07) is 23.6. The zero-order chi connectivity index (χ0) is 28.2. The summed E-state index contributed by atoms with van der Waals surface area (Å²) in [6.45, 7) is -0.853. The Kier molecular flexibility index (Phi) is 9.07. The zero-order valence-electron chi connectivity index (χ0n) is 21.0. The first-order valence-electron chi connectivity index (χ1n) is 12.5. The third kappa shape index (κ3) is 6.02. The molecular formula is C28H30F4O5S2. The fourth-order valence-electron chi connectivity index (χ4n) is 4.48. The van der Waals surface area contributed by atoms with Gasteiger partial charge in [0.25, 0.3) is 0 Å². The standard InChI is InChI=1S/C28H30F4O5S2/c29-27(30,20-21-36-26-19-11-10-18-25(26)33)28(31,32)39(34,35)37-38(22-12-4-1-5-13-22,23-14-6-2-7-15-23)24-16-8-3-9-17-24/h1-9,12-17,25-26,33H,10-11,18-21H2. The summed E-state index contributed by atoms with van der Waals surface area (Å²) in [4.78, 5) is 0.708. The lowest BCUT2D eigenvalue weighted by Crippen LogP contribution is -2.48. The minimum Gasteiger partial charge on any atom is -0.390 e. The van der Waals surface area contributed by atoms with Gasteiger partial charge in [-0.15, -0.1) is 0 Å². The van der Waals surface area contributed by atoms with E-state index in [-0.39, 0.29) is 14.7 Å². The van der Waals surface area contributed by atoms with Crippen LogP contribution in [0.25, 0.3) is 0 Å². The molecule has 1 fully saturated rings. The van der Waals surface area contributed by atoms with Crippen LogP contribution >= 0.6 is 10.3 Å². The van der Waals surface area contributed by atoms with Crippen LogP contribution in [-0.2, 0) is 18.5 Å².